The Bertz CT molecular complexity index is 710. The van der Waals surface area contributed by atoms with Crippen molar-refractivity contribution < 1.29 is 0 Å². The van der Waals surface area contributed by atoms with Gasteiger partial charge in [-0.2, -0.15) is 0 Å². The fraction of sp³-hybridized carbons (Fsp3) is 0.143. The Hall–Kier alpha value is -1.10. The van der Waals surface area contributed by atoms with E-state index in [2.05, 4.69) is 35.1 Å². The van der Waals surface area contributed by atoms with Crippen LogP contribution in [0.2, 0.25) is 5.28 Å². The number of fused-ring (bicyclic) bond motifs is 1. The summed E-state index contributed by atoms with van der Waals surface area (Å²) < 4.78 is 0. The molecule has 2 heterocycles. The smallest absolute Gasteiger partial charge is 0.211 e. The van der Waals surface area contributed by atoms with E-state index in [0.717, 1.165) is 21.0 Å². The molecule has 2 aromatic heterocycles. The molecule has 5 heteroatoms. The predicted octanol–water partition coefficient (Wildman–Crippen LogP) is 4.95. The summed E-state index contributed by atoms with van der Waals surface area (Å²) >= 11 is 9.34. The van der Waals surface area contributed by atoms with Crippen LogP contribution in [0.1, 0.15) is 10.4 Å². The molecule has 0 unspecified atom stereocenters. The van der Waals surface area contributed by atoms with Gasteiger partial charge >= 0.3 is 0 Å². The fourth-order valence-corrected chi connectivity index (χ4v) is 4.00. The summed E-state index contributed by atoms with van der Waals surface area (Å²) in [5.41, 5.74) is 1.28. The Balaban J connectivity index is 1.92. The van der Waals surface area contributed by atoms with Crippen molar-refractivity contribution in [3.05, 3.63) is 52.1 Å². The highest BCUT2D eigenvalue weighted by Crippen LogP contribution is 2.33. The average molecular weight is 307 g/mol. The highest BCUT2D eigenvalue weighted by molar-refractivity contribution is 7.98. The molecule has 0 aliphatic heterocycles. The summed E-state index contributed by atoms with van der Waals surface area (Å²) in [5.74, 6) is 0.887. The molecular formula is C14H11ClN2S2. The number of nitrogens with zero attached hydrogens (tertiary/aromatic N) is 2. The molecule has 96 valence electrons. The van der Waals surface area contributed by atoms with Crippen LogP contribution < -0.4 is 0 Å². The van der Waals surface area contributed by atoms with Crippen molar-refractivity contribution in [2.45, 2.75) is 17.7 Å². The normalized spacial score (nSPS) is 11.1. The molecule has 0 radical (unpaired) electrons. The summed E-state index contributed by atoms with van der Waals surface area (Å²) in [6.07, 6.45) is 0. The van der Waals surface area contributed by atoms with Gasteiger partial charge in [-0.1, -0.05) is 30.3 Å². The van der Waals surface area contributed by atoms with Gasteiger partial charge in [0.25, 0.3) is 0 Å². The minimum Gasteiger partial charge on any atom is -0.211 e. The first kappa shape index (κ1) is 12.9. The van der Waals surface area contributed by atoms with Gasteiger partial charge in [0, 0.05) is 16.0 Å². The average Bonchev–Trinajstić information content (AvgIpc) is 2.77. The second-order valence-corrected chi connectivity index (χ2v) is 6.68. The van der Waals surface area contributed by atoms with Crippen LogP contribution in [0.3, 0.4) is 0 Å². The second-order valence-electron chi connectivity index (χ2n) is 4.15. The lowest BCUT2D eigenvalue weighted by atomic mass is 10.2. The second kappa shape index (κ2) is 5.49. The summed E-state index contributed by atoms with van der Waals surface area (Å²) in [4.78, 5) is 10.8. The van der Waals surface area contributed by atoms with Crippen LogP contribution in [-0.2, 0) is 5.75 Å². The van der Waals surface area contributed by atoms with Crippen molar-refractivity contribution in [3.63, 3.8) is 0 Å². The molecule has 0 atom stereocenters. The maximum atomic E-state index is 5.99. The van der Waals surface area contributed by atoms with Crippen LogP contribution in [0.15, 0.2) is 41.4 Å². The lowest BCUT2D eigenvalue weighted by Gasteiger charge is -2.03. The van der Waals surface area contributed by atoms with Crippen molar-refractivity contribution in [3.8, 4) is 0 Å². The molecule has 3 rings (SSSR count). The SMILES string of the molecule is Cc1cc2c(SCc3ccccc3)nc(Cl)nc2s1. The Morgan fingerprint density at radius 2 is 2.00 bits per heavy atom. The third-order valence-electron chi connectivity index (χ3n) is 2.67. The Kier molecular flexibility index (Phi) is 3.73. The summed E-state index contributed by atoms with van der Waals surface area (Å²) in [5, 5.41) is 2.39. The minimum atomic E-state index is 0.324. The van der Waals surface area contributed by atoms with Gasteiger partial charge in [0.15, 0.2) is 0 Å². The molecule has 0 saturated carbocycles. The van der Waals surface area contributed by atoms with Gasteiger partial charge in [-0.3, -0.25) is 0 Å². The first-order valence-corrected chi connectivity index (χ1v) is 8.01. The van der Waals surface area contributed by atoms with E-state index in [0.29, 0.717) is 5.28 Å². The fourth-order valence-electron chi connectivity index (χ4n) is 1.83. The maximum Gasteiger partial charge on any atom is 0.224 e. The van der Waals surface area contributed by atoms with E-state index in [1.165, 1.54) is 10.4 Å². The minimum absolute atomic E-state index is 0.324. The molecule has 0 aliphatic rings. The molecule has 0 amide bonds. The molecular weight excluding hydrogens is 296 g/mol. The quantitative estimate of drug-likeness (QED) is 0.389. The Morgan fingerprint density at radius 3 is 2.79 bits per heavy atom. The number of halogens is 1. The largest absolute Gasteiger partial charge is 0.224 e. The van der Waals surface area contributed by atoms with E-state index >= 15 is 0 Å². The topological polar surface area (TPSA) is 25.8 Å². The Labute approximate surface area is 124 Å². The van der Waals surface area contributed by atoms with Crippen molar-refractivity contribution in [2.24, 2.45) is 0 Å². The third kappa shape index (κ3) is 2.91. The molecule has 19 heavy (non-hydrogen) atoms. The van der Waals surface area contributed by atoms with E-state index in [1.54, 1.807) is 23.1 Å². The zero-order valence-electron chi connectivity index (χ0n) is 10.3. The molecule has 0 fully saturated rings. The van der Waals surface area contributed by atoms with Gasteiger partial charge in [-0.25, -0.2) is 9.97 Å². The lowest BCUT2D eigenvalue weighted by molar-refractivity contribution is 1.11. The highest BCUT2D eigenvalue weighted by Gasteiger charge is 2.10. The van der Waals surface area contributed by atoms with Gasteiger partial charge in [-0.15, -0.1) is 23.1 Å². The van der Waals surface area contributed by atoms with E-state index < -0.39 is 0 Å². The molecule has 0 bridgehead atoms. The summed E-state index contributed by atoms with van der Waals surface area (Å²) in [7, 11) is 0. The van der Waals surface area contributed by atoms with E-state index in [1.807, 2.05) is 18.2 Å². The van der Waals surface area contributed by atoms with E-state index in [4.69, 9.17) is 11.6 Å². The summed E-state index contributed by atoms with van der Waals surface area (Å²) in [6.45, 7) is 2.08. The zero-order valence-corrected chi connectivity index (χ0v) is 12.6. The summed E-state index contributed by atoms with van der Waals surface area (Å²) in [6, 6.07) is 12.5. The van der Waals surface area contributed by atoms with Crippen LogP contribution >= 0.6 is 34.7 Å². The molecule has 2 nitrogen and oxygen atoms in total. The van der Waals surface area contributed by atoms with Crippen LogP contribution in [0.25, 0.3) is 10.2 Å². The van der Waals surface area contributed by atoms with Gasteiger partial charge < -0.3 is 0 Å². The van der Waals surface area contributed by atoms with E-state index in [-0.39, 0.29) is 0 Å². The molecule has 0 spiro atoms. The number of aromatic nitrogens is 2. The van der Waals surface area contributed by atoms with Gasteiger partial charge in [0.1, 0.15) is 9.86 Å². The van der Waals surface area contributed by atoms with Crippen molar-refractivity contribution in [2.75, 3.05) is 0 Å². The van der Waals surface area contributed by atoms with Gasteiger partial charge in [-0.05, 0) is 30.2 Å². The molecule has 1 aromatic carbocycles. The first-order valence-electron chi connectivity index (χ1n) is 5.83. The number of thiophene rings is 1. The molecule has 0 aliphatic carbocycles. The molecule has 0 saturated heterocycles. The monoisotopic (exact) mass is 306 g/mol. The standard InChI is InChI=1S/C14H11ClN2S2/c1-9-7-11-12(16-14(15)17-13(11)19-9)18-8-10-5-3-2-4-6-10/h2-7H,8H2,1H3. The van der Waals surface area contributed by atoms with Crippen LogP contribution in [-0.4, -0.2) is 9.97 Å². The lowest BCUT2D eigenvalue weighted by Crippen LogP contribution is -1.87. The highest BCUT2D eigenvalue weighted by atomic mass is 35.5. The molecule has 0 N–H and O–H groups in total. The number of aryl methyl sites for hydroxylation is 1. The predicted molar refractivity (Wildman–Crippen MR) is 83.2 cm³/mol. The third-order valence-corrected chi connectivity index (χ3v) is 4.85. The number of rotatable bonds is 3. The Morgan fingerprint density at radius 1 is 1.21 bits per heavy atom. The first-order chi connectivity index (χ1) is 9.22. The van der Waals surface area contributed by atoms with Crippen LogP contribution in [0, 0.1) is 6.92 Å². The van der Waals surface area contributed by atoms with Crippen molar-refractivity contribution in [1.82, 2.24) is 9.97 Å². The molecule has 3 aromatic rings. The maximum absolute atomic E-state index is 5.99. The number of hydrogen-bond acceptors (Lipinski definition) is 4. The van der Waals surface area contributed by atoms with Gasteiger partial charge in [0.2, 0.25) is 5.28 Å². The number of hydrogen-bond donors (Lipinski definition) is 0. The number of benzene rings is 1. The van der Waals surface area contributed by atoms with Crippen molar-refractivity contribution in [1.29, 1.82) is 0 Å². The number of thioether (sulfide) groups is 1. The van der Waals surface area contributed by atoms with Gasteiger partial charge in [0.05, 0.1) is 0 Å². The van der Waals surface area contributed by atoms with E-state index in [9.17, 15) is 0 Å². The zero-order chi connectivity index (χ0) is 13.2. The van der Waals surface area contributed by atoms with Crippen molar-refractivity contribution >= 4 is 44.9 Å². The van der Waals surface area contributed by atoms with Crippen LogP contribution in [0.5, 0.6) is 0 Å². The van der Waals surface area contributed by atoms with Crippen LogP contribution in [0.4, 0.5) is 0 Å².